The molecule has 2 heteroatoms. The Morgan fingerprint density at radius 1 is 1.21 bits per heavy atom. The van der Waals surface area contributed by atoms with Gasteiger partial charge in [0.25, 0.3) is 0 Å². The predicted molar refractivity (Wildman–Crippen MR) is 59.5 cm³/mol. The third-order valence-corrected chi connectivity index (χ3v) is 2.64. The van der Waals surface area contributed by atoms with Gasteiger partial charge < -0.3 is 0 Å². The third-order valence-electron chi connectivity index (χ3n) is 2.64. The Morgan fingerprint density at radius 2 is 1.93 bits per heavy atom. The fourth-order valence-corrected chi connectivity index (χ4v) is 1.80. The second kappa shape index (κ2) is 2.84. The molecule has 0 radical (unpaired) electrons. The van der Waals surface area contributed by atoms with E-state index in [1.54, 1.807) is 0 Å². The van der Waals surface area contributed by atoms with E-state index in [1.165, 1.54) is 22.0 Å². The van der Waals surface area contributed by atoms with E-state index in [0.29, 0.717) is 0 Å². The van der Waals surface area contributed by atoms with E-state index in [9.17, 15) is 0 Å². The first kappa shape index (κ1) is 9.25. The molecule has 0 aliphatic carbocycles. The number of benzene rings is 1. The summed E-state index contributed by atoms with van der Waals surface area (Å²) in [5.41, 5.74) is 3.95. The molecule has 0 saturated heterocycles. The van der Waals surface area contributed by atoms with Crippen LogP contribution in [0.25, 0.3) is 10.9 Å². The molecule has 2 rings (SSSR count). The smallest absolute Gasteiger partial charge is 0.0690 e. The Kier molecular flexibility index (Phi) is 1.88. The molecule has 0 saturated carbocycles. The Bertz CT molecular complexity index is 461. The number of hydrogen-bond donors (Lipinski definition) is 1. The van der Waals surface area contributed by atoms with Crippen LogP contribution < -0.4 is 0 Å². The van der Waals surface area contributed by atoms with Gasteiger partial charge in [-0.2, -0.15) is 5.10 Å². The highest BCUT2D eigenvalue weighted by molar-refractivity contribution is 5.85. The summed E-state index contributed by atoms with van der Waals surface area (Å²) in [6.07, 6.45) is 1.90. The average molecular weight is 188 g/mol. The zero-order chi connectivity index (χ0) is 10.3. The first-order valence-electron chi connectivity index (χ1n) is 4.93. The fraction of sp³-hybridized carbons (Fsp3) is 0.417. The molecule has 0 fully saturated rings. The van der Waals surface area contributed by atoms with Crippen LogP contribution in [-0.4, -0.2) is 10.2 Å². The molecule has 0 unspecified atom stereocenters. The first-order chi connectivity index (χ1) is 6.50. The van der Waals surface area contributed by atoms with E-state index >= 15 is 0 Å². The molecule has 1 aromatic heterocycles. The summed E-state index contributed by atoms with van der Waals surface area (Å²) < 4.78 is 0. The van der Waals surface area contributed by atoms with Gasteiger partial charge in [0.1, 0.15) is 0 Å². The second-order valence-electron chi connectivity index (χ2n) is 4.84. The van der Waals surface area contributed by atoms with Crippen LogP contribution in [0, 0.1) is 6.92 Å². The molecule has 14 heavy (non-hydrogen) atoms. The van der Waals surface area contributed by atoms with Crippen LogP contribution >= 0.6 is 0 Å². The number of rotatable bonds is 0. The van der Waals surface area contributed by atoms with Crippen molar-refractivity contribution in [2.75, 3.05) is 0 Å². The van der Waals surface area contributed by atoms with Crippen molar-refractivity contribution in [2.45, 2.75) is 33.1 Å². The minimum atomic E-state index is 0.165. The summed E-state index contributed by atoms with van der Waals surface area (Å²) in [5, 5.41) is 8.43. The normalized spacial score (nSPS) is 12.3. The van der Waals surface area contributed by atoms with Crippen LogP contribution in [0.5, 0.6) is 0 Å². The maximum absolute atomic E-state index is 4.11. The Balaban J connectivity index is 2.80. The van der Waals surface area contributed by atoms with Crippen molar-refractivity contribution in [1.82, 2.24) is 10.2 Å². The number of aromatic amines is 1. The van der Waals surface area contributed by atoms with Crippen molar-refractivity contribution in [2.24, 2.45) is 0 Å². The highest BCUT2D eigenvalue weighted by Crippen LogP contribution is 2.29. The van der Waals surface area contributed by atoms with E-state index in [4.69, 9.17) is 0 Å². The van der Waals surface area contributed by atoms with Crippen molar-refractivity contribution in [3.05, 3.63) is 29.5 Å². The van der Waals surface area contributed by atoms with Gasteiger partial charge in [0, 0.05) is 5.39 Å². The number of nitrogens with zero attached hydrogens (tertiary/aromatic N) is 1. The number of nitrogens with one attached hydrogen (secondary N) is 1. The van der Waals surface area contributed by atoms with E-state index in [-0.39, 0.29) is 5.41 Å². The molecule has 0 atom stereocenters. The van der Waals surface area contributed by atoms with Crippen molar-refractivity contribution in [1.29, 1.82) is 0 Å². The van der Waals surface area contributed by atoms with Gasteiger partial charge in [-0.15, -0.1) is 0 Å². The molecule has 1 N–H and O–H groups in total. The van der Waals surface area contributed by atoms with Gasteiger partial charge in [-0.3, -0.25) is 5.10 Å². The highest BCUT2D eigenvalue weighted by Gasteiger charge is 2.18. The summed E-state index contributed by atoms with van der Waals surface area (Å²) in [4.78, 5) is 0. The van der Waals surface area contributed by atoms with E-state index < -0.39 is 0 Å². The largest absolute Gasteiger partial charge is 0.278 e. The molecule has 0 bridgehead atoms. The van der Waals surface area contributed by atoms with Crippen molar-refractivity contribution >= 4 is 10.9 Å². The minimum absolute atomic E-state index is 0.165. The Labute approximate surface area is 84.3 Å². The number of aromatic nitrogens is 2. The number of aryl methyl sites for hydroxylation is 1. The monoisotopic (exact) mass is 188 g/mol. The van der Waals surface area contributed by atoms with E-state index in [2.05, 4.69) is 50.0 Å². The summed E-state index contributed by atoms with van der Waals surface area (Å²) in [6.45, 7) is 8.78. The van der Waals surface area contributed by atoms with Gasteiger partial charge in [-0.05, 0) is 23.5 Å². The number of hydrogen-bond acceptors (Lipinski definition) is 1. The van der Waals surface area contributed by atoms with Crippen LogP contribution in [0.2, 0.25) is 0 Å². The van der Waals surface area contributed by atoms with E-state index in [1.807, 2.05) is 6.20 Å². The van der Waals surface area contributed by atoms with Crippen LogP contribution in [0.4, 0.5) is 0 Å². The molecule has 1 aromatic carbocycles. The molecule has 0 aliphatic rings. The molecule has 1 heterocycles. The predicted octanol–water partition coefficient (Wildman–Crippen LogP) is 3.17. The van der Waals surface area contributed by atoms with E-state index in [0.717, 1.165) is 0 Å². The van der Waals surface area contributed by atoms with Crippen molar-refractivity contribution in [3.8, 4) is 0 Å². The molecular weight excluding hydrogens is 172 g/mol. The van der Waals surface area contributed by atoms with Gasteiger partial charge in [0.05, 0.1) is 11.7 Å². The van der Waals surface area contributed by atoms with Gasteiger partial charge in [0.2, 0.25) is 0 Å². The SMILES string of the molecule is Cc1ccc(C(C)(C)C)c2[nH]ncc12. The molecule has 2 nitrogen and oxygen atoms in total. The van der Waals surface area contributed by atoms with Crippen LogP contribution in [-0.2, 0) is 5.41 Å². The third kappa shape index (κ3) is 1.31. The lowest BCUT2D eigenvalue weighted by atomic mass is 9.85. The maximum Gasteiger partial charge on any atom is 0.0690 e. The van der Waals surface area contributed by atoms with Gasteiger partial charge in [-0.1, -0.05) is 32.9 Å². The molecular formula is C12H16N2. The molecule has 74 valence electrons. The summed E-state index contributed by atoms with van der Waals surface area (Å²) in [7, 11) is 0. The number of H-pyrrole nitrogens is 1. The molecule has 2 aromatic rings. The Morgan fingerprint density at radius 3 is 2.57 bits per heavy atom. The van der Waals surface area contributed by atoms with Gasteiger partial charge in [-0.25, -0.2) is 0 Å². The lowest BCUT2D eigenvalue weighted by molar-refractivity contribution is 0.594. The summed E-state index contributed by atoms with van der Waals surface area (Å²) in [6, 6.07) is 4.36. The summed E-state index contributed by atoms with van der Waals surface area (Å²) in [5.74, 6) is 0. The highest BCUT2D eigenvalue weighted by atomic mass is 15.1. The number of fused-ring (bicyclic) bond motifs is 1. The van der Waals surface area contributed by atoms with Crippen LogP contribution in [0.15, 0.2) is 18.3 Å². The van der Waals surface area contributed by atoms with Crippen LogP contribution in [0.1, 0.15) is 31.9 Å². The average Bonchev–Trinajstić information content (AvgIpc) is 2.50. The molecule has 0 spiro atoms. The van der Waals surface area contributed by atoms with Crippen LogP contribution in [0.3, 0.4) is 0 Å². The van der Waals surface area contributed by atoms with Gasteiger partial charge >= 0.3 is 0 Å². The lowest BCUT2D eigenvalue weighted by Crippen LogP contribution is -2.11. The molecule has 0 amide bonds. The second-order valence-corrected chi connectivity index (χ2v) is 4.84. The lowest BCUT2D eigenvalue weighted by Gasteiger charge is -2.20. The summed E-state index contributed by atoms with van der Waals surface area (Å²) >= 11 is 0. The quantitative estimate of drug-likeness (QED) is 0.676. The van der Waals surface area contributed by atoms with Crippen molar-refractivity contribution < 1.29 is 0 Å². The standard InChI is InChI=1S/C12H16N2/c1-8-5-6-10(12(2,3)4)11-9(8)7-13-14-11/h5-7H,1-4H3,(H,13,14). The fourth-order valence-electron chi connectivity index (χ4n) is 1.80. The zero-order valence-corrected chi connectivity index (χ0v) is 9.18. The Hall–Kier alpha value is -1.31. The van der Waals surface area contributed by atoms with Crippen molar-refractivity contribution in [3.63, 3.8) is 0 Å². The molecule has 0 aliphatic heterocycles. The first-order valence-corrected chi connectivity index (χ1v) is 4.93. The maximum atomic E-state index is 4.11. The topological polar surface area (TPSA) is 28.7 Å². The minimum Gasteiger partial charge on any atom is -0.278 e. The zero-order valence-electron chi connectivity index (χ0n) is 9.18. The van der Waals surface area contributed by atoms with Gasteiger partial charge in [0.15, 0.2) is 0 Å².